The Labute approximate surface area is 111 Å². The summed E-state index contributed by atoms with van der Waals surface area (Å²) in [6, 6.07) is 0. The maximum absolute atomic E-state index is 11.5. The Hall–Kier alpha value is -0.570. The average Bonchev–Trinajstić information content (AvgIpc) is 2.50. The van der Waals surface area contributed by atoms with Gasteiger partial charge in [0.1, 0.15) is 5.60 Å². The third kappa shape index (κ3) is 7.70. The highest BCUT2D eigenvalue weighted by Crippen LogP contribution is 2.22. The van der Waals surface area contributed by atoms with Gasteiger partial charge in [-0.1, -0.05) is 25.7 Å². The van der Waals surface area contributed by atoms with Crippen LogP contribution in [0.15, 0.2) is 0 Å². The standard InChI is InChI=1S/C15H28O3/c1-15(2,3)18-14(16)10-11-17-12-13-8-6-4-5-7-9-13/h13H,4-12H2,1-3H3. The lowest BCUT2D eigenvalue weighted by atomic mass is 10.0. The van der Waals surface area contributed by atoms with Crippen molar-refractivity contribution in [1.29, 1.82) is 0 Å². The minimum absolute atomic E-state index is 0.164. The van der Waals surface area contributed by atoms with Crippen molar-refractivity contribution in [2.45, 2.75) is 71.3 Å². The number of hydrogen-bond donors (Lipinski definition) is 0. The molecule has 0 aromatic rings. The fraction of sp³-hybridized carbons (Fsp3) is 0.933. The van der Waals surface area contributed by atoms with E-state index in [2.05, 4.69) is 0 Å². The highest BCUT2D eigenvalue weighted by molar-refractivity contribution is 5.69. The molecule has 1 aliphatic carbocycles. The fourth-order valence-electron chi connectivity index (χ4n) is 2.33. The lowest BCUT2D eigenvalue weighted by molar-refractivity contribution is -0.156. The van der Waals surface area contributed by atoms with E-state index in [9.17, 15) is 4.79 Å². The van der Waals surface area contributed by atoms with Crippen LogP contribution in [-0.4, -0.2) is 24.8 Å². The molecule has 0 aliphatic heterocycles. The molecule has 1 fully saturated rings. The maximum Gasteiger partial charge on any atom is 0.308 e. The topological polar surface area (TPSA) is 35.5 Å². The molecule has 1 saturated carbocycles. The first-order valence-corrected chi connectivity index (χ1v) is 7.27. The van der Waals surface area contributed by atoms with Crippen molar-refractivity contribution in [3.8, 4) is 0 Å². The average molecular weight is 256 g/mol. The molecule has 0 atom stereocenters. The van der Waals surface area contributed by atoms with E-state index in [0.717, 1.165) is 6.61 Å². The van der Waals surface area contributed by atoms with E-state index in [0.29, 0.717) is 18.9 Å². The van der Waals surface area contributed by atoms with Gasteiger partial charge in [0.05, 0.1) is 13.0 Å². The third-order valence-electron chi connectivity index (χ3n) is 3.20. The van der Waals surface area contributed by atoms with Crippen LogP contribution in [0.2, 0.25) is 0 Å². The molecule has 0 aromatic heterocycles. The molecular formula is C15H28O3. The normalized spacial score (nSPS) is 18.4. The summed E-state index contributed by atoms with van der Waals surface area (Å²) in [4.78, 5) is 11.5. The second-order valence-electron chi connectivity index (χ2n) is 6.27. The zero-order valence-corrected chi connectivity index (χ0v) is 12.2. The quantitative estimate of drug-likeness (QED) is 0.427. The first kappa shape index (κ1) is 15.5. The summed E-state index contributed by atoms with van der Waals surface area (Å²) in [5.74, 6) is 0.537. The lowest BCUT2D eigenvalue weighted by Crippen LogP contribution is -2.24. The maximum atomic E-state index is 11.5. The van der Waals surface area contributed by atoms with E-state index in [1.807, 2.05) is 20.8 Å². The molecule has 0 unspecified atom stereocenters. The van der Waals surface area contributed by atoms with Crippen molar-refractivity contribution in [3.05, 3.63) is 0 Å². The SMILES string of the molecule is CC(C)(C)OC(=O)CCOCC1CCCCCC1. The van der Waals surface area contributed by atoms with Gasteiger partial charge in [0.15, 0.2) is 0 Å². The van der Waals surface area contributed by atoms with Crippen LogP contribution in [0.25, 0.3) is 0 Å². The highest BCUT2D eigenvalue weighted by atomic mass is 16.6. The molecule has 0 N–H and O–H groups in total. The molecule has 18 heavy (non-hydrogen) atoms. The molecule has 0 heterocycles. The van der Waals surface area contributed by atoms with Crippen molar-refractivity contribution in [2.75, 3.05) is 13.2 Å². The molecule has 3 heteroatoms. The second kappa shape index (κ2) is 7.78. The van der Waals surface area contributed by atoms with Crippen molar-refractivity contribution in [3.63, 3.8) is 0 Å². The zero-order chi connectivity index (χ0) is 13.4. The summed E-state index contributed by atoms with van der Waals surface area (Å²) >= 11 is 0. The van der Waals surface area contributed by atoms with Crippen molar-refractivity contribution in [2.24, 2.45) is 5.92 Å². The van der Waals surface area contributed by atoms with Gasteiger partial charge in [0, 0.05) is 6.61 Å². The molecule has 0 bridgehead atoms. The number of hydrogen-bond acceptors (Lipinski definition) is 3. The molecule has 0 amide bonds. The van der Waals surface area contributed by atoms with E-state index in [1.165, 1.54) is 38.5 Å². The van der Waals surface area contributed by atoms with E-state index < -0.39 is 5.60 Å². The van der Waals surface area contributed by atoms with Gasteiger partial charge in [-0.3, -0.25) is 4.79 Å². The zero-order valence-electron chi connectivity index (χ0n) is 12.2. The summed E-state index contributed by atoms with van der Waals surface area (Å²) < 4.78 is 10.8. The first-order chi connectivity index (χ1) is 8.47. The predicted molar refractivity (Wildman–Crippen MR) is 72.5 cm³/mol. The Morgan fingerprint density at radius 1 is 1.11 bits per heavy atom. The predicted octanol–water partition coefficient (Wildman–Crippen LogP) is 3.71. The minimum Gasteiger partial charge on any atom is -0.460 e. The van der Waals surface area contributed by atoms with Gasteiger partial charge in [-0.15, -0.1) is 0 Å². The Bertz CT molecular complexity index is 235. The van der Waals surface area contributed by atoms with E-state index in [1.54, 1.807) is 0 Å². The molecule has 0 spiro atoms. The molecule has 0 aromatic carbocycles. The summed E-state index contributed by atoms with van der Waals surface area (Å²) in [6.07, 6.45) is 8.34. The Balaban J connectivity index is 2.05. The Morgan fingerprint density at radius 3 is 2.28 bits per heavy atom. The number of rotatable bonds is 5. The van der Waals surface area contributed by atoms with Crippen LogP contribution in [-0.2, 0) is 14.3 Å². The summed E-state index contributed by atoms with van der Waals surface area (Å²) in [5, 5.41) is 0. The summed E-state index contributed by atoms with van der Waals surface area (Å²) in [5.41, 5.74) is -0.391. The van der Waals surface area contributed by atoms with Crippen molar-refractivity contribution >= 4 is 5.97 Å². The van der Waals surface area contributed by atoms with E-state index >= 15 is 0 Å². The van der Waals surface area contributed by atoms with Crippen LogP contribution >= 0.6 is 0 Å². The highest BCUT2D eigenvalue weighted by Gasteiger charge is 2.16. The van der Waals surface area contributed by atoms with Crippen molar-refractivity contribution < 1.29 is 14.3 Å². The van der Waals surface area contributed by atoms with Gasteiger partial charge in [0.25, 0.3) is 0 Å². The number of carbonyl (C=O) groups is 1. The van der Waals surface area contributed by atoms with E-state index in [4.69, 9.17) is 9.47 Å². The minimum atomic E-state index is -0.391. The van der Waals surface area contributed by atoms with Gasteiger partial charge in [-0.05, 0) is 39.5 Å². The summed E-state index contributed by atoms with van der Waals surface area (Å²) in [6.45, 7) is 6.96. The van der Waals surface area contributed by atoms with Crippen LogP contribution in [0.1, 0.15) is 65.7 Å². The van der Waals surface area contributed by atoms with Gasteiger partial charge >= 0.3 is 5.97 Å². The Kier molecular flexibility index (Phi) is 6.69. The summed E-state index contributed by atoms with van der Waals surface area (Å²) in [7, 11) is 0. The molecule has 1 rings (SSSR count). The number of ether oxygens (including phenoxy) is 2. The smallest absolute Gasteiger partial charge is 0.308 e. The largest absolute Gasteiger partial charge is 0.460 e. The van der Waals surface area contributed by atoms with Crippen LogP contribution in [0.4, 0.5) is 0 Å². The molecular weight excluding hydrogens is 228 g/mol. The fourth-order valence-corrected chi connectivity index (χ4v) is 2.33. The molecule has 106 valence electrons. The molecule has 0 saturated heterocycles. The van der Waals surface area contributed by atoms with Crippen molar-refractivity contribution in [1.82, 2.24) is 0 Å². The van der Waals surface area contributed by atoms with Gasteiger partial charge in [-0.2, -0.15) is 0 Å². The number of carbonyl (C=O) groups excluding carboxylic acids is 1. The van der Waals surface area contributed by atoms with Gasteiger partial charge in [-0.25, -0.2) is 0 Å². The molecule has 1 aliphatic rings. The third-order valence-corrected chi connectivity index (χ3v) is 3.20. The van der Waals surface area contributed by atoms with Gasteiger partial charge in [0.2, 0.25) is 0 Å². The lowest BCUT2D eigenvalue weighted by Gasteiger charge is -2.19. The Morgan fingerprint density at radius 2 is 1.72 bits per heavy atom. The monoisotopic (exact) mass is 256 g/mol. The molecule has 3 nitrogen and oxygen atoms in total. The van der Waals surface area contributed by atoms with Crippen LogP contribution < -0.4 is 0 Å². The van der Waals surface area contributed by atoms with Crippen LogP contribution in [0, 0.1) is 5.92 Å². The number of esters is 1. The van der Waals surface area contributed by atoms with Crippen LogP contribution in [0.3, 0.4) is 0 Å². The second-order valence-corrected chi connectivity index (χ2v) is 6.27. The molecule has 0 radical (unpaired) electrons. The van der Waals surface area contributed by atoms with Crippen LogP contribution in [0.5, 0.6) is 0 Å². The van der Waals surface area contributed by atoms with Gasteiger partial charge < -0.3 is 9.47 Å². The first-order valence-electron chi connectivity index (χ1n) is 7.27. The van der Waals surface area contributed by atoms with E-state index in [-0.39, 0.29) is 5.97 Å².